The lowest BCUT2D eigenvalue weighted by Crippen LogP contribution is -2.28. The van der Waals surface area contributed by atoms with Crippen molar-refractivity contribution in [2.75, 3.05) is 23.8 Å². The lowest BCUT2D eigenvalue weighted by molar-refractivity contribution is -0.122. The largest absolute Gasteiger partial charge is 0.381 e. The van der Waals surface area contributed by atoms with Gasteiger partial charge < -0.3 is 15.4 Å². The first-order valence-electron chi connectivity index (χ1n) is 7.72. The van der Waals surface area contributed by atoms with Gasteiger partial charge in [-0.25, -0.2) is 4.39 Å². The number of amides is 1. The summed E-state index contributed by atoms with van der Waals surface area (Å²) in [5.74, 6) is -0.257. The van der Waals surface area contributed by atoms with E-state index in [4.69, 9.17) is 4.74 Å². The predicted octanol–water partition coefficient (Wildman–Crippen LogP) is 3.93. The molecular formula is C18H19FN2O2. The van der Waals surface area contributed by atoms with Crippen molar-refractivity contribution < 1.29 is 13.9 Å². The average Bonchev–Trinajstić information content (AvgIpc) is 2.59. The van der Waals surface area contributed by atoms with E-state index in [2.05, 4.69) is 10.6 Å². The molecule has 5 heteroatoms. The third-order valence-electron chi connectivity index (χ3n) is 3.90. The Morgan fingerprint density at radius 3 is 2.35 bits per heavy atom. The number of ether oxygens (including phenoxy) is 1. The van der Waals surface area contributed by atoms with E-state index in [9.17, 15) is 9.18 Å². The van der Waals surface area contributed by atoms with Crippen LogP contribution in [0.15, 0.2) is 48.5 Å². The zero-order valence-corrected chi connectivity index (χ0v) is 12.7. The molecule has 0 aromatic heterocycles. The number of anilines is 3. The van der Waals surface area contributed by atoms with Gasteiger partial charge in [-0.1, -0.05) is 12.1 Å². The Labute approximate surface area is 134 Å². The number of nitrogens with one attached hydrogen (secondary N) is 2. The van der Waals surface area contributed by atoms with E-state index in [1.54, 1.807) is 30.3 Å². The van der Waals surface area contributed by atoms with Crippen molar-refractivity contribution in [2.45, 2.75) is 12.8 Å². The molecular weight excluding hydrogens is 295 g/mol. The standard InChI is InChI=1S/C18H19FN2O2/c19-16-3-1-2-4-17(16)20-14-5-7-15(8-6-14)21-18(22)13-9-11-23-12-10-13/h1-8,13,20H,9-12H2,(H,21,22). The van der Waals surface area contributed by atoms with Crippen LogP contribution in [0.1, 0.15) is 12.8 Å². The fourth-order valence-corrected chi connectivity index (χ4v) is 2.56. The average molecular weight is 314 g/mol. The van der Waals surface area contributed by atoms with Crippen molar-refractivity contribution in [3.8, 4) is 0 Å². The summed E-state index contributed by atoms with van der Waals surface area (Å²) in [6.45, 7) is 1.28. The van der Waals surface area contributed by atoms with E-state index in [1.807, 2.05) is 12.1 Å². The fraction of sp³-hybridized carbons (Fsp3) is 0.278. The first-order valence-corrected chi connectivity index (χ1v) is 7.72. The molecule has 0 unspecified atom stereocenters. The smallest absolute Gasteiger partial charge is 0.227 e. The van der Waals surface area contributed by atoms with Gasteiger partial charge in [-0.05, 0) is 49.2 Å². The first kappa shape index (κ1) is 15.5. The lowest BCUT2D eigenvalue weighted by Gasteiger charge is -2.21. The van der Waals surface area contributed by atoms with Crippen molar-refractivity contribution in [3.05, 3.63) is 54.3 Å². The number of para-hydroxylation sites is 1. The first-order chi connectivity index (χ1) is 11.2. The Morgan fingerprint density at radius 1 is 1.00 bits per heavy atom. The summed E-state index contributed by atoms with van der Waals surface area (Å²) in [5.41, 5.74) is 1.92. The molecule has 1 saturated heterocycles. The molecule has 0 bridgehead atoms. The summed E-state index contributed by atoms with van der Waals surface area (Å²) >= 11 is 0. The van der Waals surface area contributed by atoms with Gasteiger partial charge in [0.1, 0.15) is 5.82 Å². The van der Waals surface area contributed by atoms with E-state index in [-0.39, 0.29) is 17.6 Å². The Hall–Kier alpha value is -2.40. The fourth-order valence-electron chi connectivity index (χ4n) is 2.56. The maximum Gasteiger partial charge on any atom is 0.227 e. The molecule has 2 aromatic carbocycles. The third-order valence-corrected chi connectivity index (χ3v) is 3.90. The summed E-state index contributed by atoms with van der Waals surface area (Å²) in [6, 6.07) is 13.7. The molecule has 0 saturated carbocycles. The molecule has 1 heterocycles. The maximum atomic E-state index is 13.6. The van der Waals surface area contributed by atoms with Crippen LogP contribution >= 0.6 is 0 Å². The normalized spacial score (nSPS) is 15.2. The Morgan fingerprint density at radius 2 is 1.65 bits per heavy atom. The number of benzene rings is 2. The lowest BCUT2D eigenvalue weighted by atomic mass is 9.99. The van der Waals surface area contributed by atoms with Crippen molar-refractivity contribution in [2.24, 2.45) is 5.92 Å². The highest BCUT2D eigenvalue weighted by Gasteiger charge is 2.21. The van der Waals surface area contributed by atoms with Crippen LogP contribution in [0.3, 0.4) is 0 Å². The highest BCUT2D eigenvalue weighted by molar-refractivity contribution is 5.92. The van der Waals surface area contributed by atoms with Crippen LogP contribution in [0, 0.1) is 11.7 Å². The van der Waals surface area contributed by atoms with Crippen molar-refractivity contribution in [3.63, 3.8) is 0 Å². The molecule has 0 radical (unpaired) electrons. The van der Waals surface area contributed by atoms with Gasteiger partial charge in [-0.3, -0.25) is 4.79 Å². The molecule has 120 valence electrons. The molecule has 1 amide bonds. The van der Waals surface area contributed by atoms with Crippen LogP contribution in [-0.2, 0) is 9.53 Å². The minimum Gasteiger partial charge on any atom is -0.381 e. The monoisotopic (exact) mass is 314 g/mol. The molecule has 1 aliphatic rings. The van der Waals surface area contributed by atoms with Crippen LogP contribution in [-0.4, -0.2) is 19.1 Å². The molecule has 2 aromatic rings. The van der Waals surface area contributed by atoms with Crippen molar-refractivity contribution in [1.29, 1.82) is 0 Å². The quantitative estimate of drug-likeness (QED) is 0.899. The highest BCUT2D eigenvalue weighted by Crippen LogP contribution is 2.22. The summed E-state index contributed by atoms with van der Waals surface area (Å²) in [5, 5.41) is 5.93. The summed E-state index contributed by atoms with van der Waals surface area (Å²) in [4.78, 5) is 12.2. The second kappa shape index (κ2) is 7.24. The summed E-state index contributed by atoms with van der Waals surface area (Å²) in [7, 11) is 0. The van der Waals surface area contributed by atoms with Gasteiger partial charge in [-0.15, -0.1) is 0 Å². The van der Waals surface area contributed by atoms with E-state index >= 15 is 0 Å². The summed E-state index contributed by atoms with van der Waals surface area (Å²) < 4.78 is 18.9. The zero-order chi connectivity index (χ0) is 16.1. The molecule has 2 N–H and O–H groups in total. The topological polar surface area (TPSA) is 50.4 Å². The second-order valence-corrected chi connectivity index (χ2v) is 5.56. The number of hydrogen-bond donors (Lipinski definition) is 2. The van der Waals surface area contributed by atoms with Crippen LogP contribution in [0.2, 0.25) is 0 Å². The molecule has 1 fully saturated rings. The van der Waals surface area contributed by atoms with Gasteiger partial charge >= 0.3 is 0 Å². The minimum absolute atomic E-state index is 0.0139. The van der Waals surface area contributed by atoms with E-state index in [1.165, 1.54) is 6.07 Å². The molecule has 4 nitrogen and oxygen atoms in total. The van der Waals surface area contributed by atoms with Crippen LogP contribution in [0.25, 0.3) is 0 Å². The number of hydrogen-bond acceptors (Lipinski definition) is 3. The van der Waals surface area contributed by atoms with E-state index < -0.39 is 0 Å². The van der Waals surface area contributed by atoms with Gasteiger partial charge in [0.2, 0.25) is 5.91 Å². The molecule has 1 aliphatic heterocycles. The molecule has 0 aliphatic carbocycles. The minimum atomic E-state index is -0.301. The van der Waals surface area contributed by atoms with Gasteiger partial charge in [0.25, 0.3) is 0 Å². The van der Waals surface area contributed by atoms with E-state index in [0.717, 1.165) is 24.2 Å². The predicted molar refractivity (Wildman–Crippen MR) is 88.3 cm³/mol. The summed E-state index contributed by atoms with van der Waals surface area (Å²) in [6.07, 6.45) is 1.53. The van der Waals surface area contributed by atoms with Crippen LogP contribution in [0.5, 0.6) is 0 Å². The second-order valence-electron chi connectivity index (χ2n) is 5.56. The molecule has 23 heavy (non-hydrogen) atoms. The van der Waals surface area contributed by atoms with Gasteiger partial charge in [0, 0.05) is 30.5 Å². The third kappa shape index (κ3) is 4.07. The van der Waals surface area contributed by atoms with Crippen LogP contribution < -0.4 is 10.6 Å². The van der Waals surface area contributed by atoms with Gasteiger partial charge in [0.15, 0.2) is 0 Å². The number of halogens is 1. The number of carbonyl (C=O) groups excluding carboxylic acids is 1. The maximum absolute atomic E-state index is 13.6. The van der Waals surface area contributed by atoms with Crippen LogP contribution in [0.4, 0.5) is 21.5 Å². The number of rotatable bonds is 4. The SMILES string of the molecule is O=C(Nc1ccc(Nc2ccccc2F)cc1)C1CCOCC1. The molecule has 3 rings (SSSR count). The molecule has 0 atom stereocenters. The Balaban J connectivity index is 1.60. The Bertz CT molecular complexity index is 667. The van der Waals surface area contributed by atoms with Gasteiger partial charge in [0.05, 0.1) is 5.69 Å². The zero-order valence-electron chi connectivity index (χ0n) is 12.7. The van der Waals surface area contributed by atoms with Crippen molar-refractivity contribution >= 4 is 23.0 Å². The van der Waals surface area contributed by atoms with Crippen molar-refractivity contribution in [1.82, 2.24) is 0 Å². The van der Waals surface area contributed by atoms with E-state index in [0.29, 0.717) is 18.9 Å². The van der Waals surface area contributed by atoms with Gasteiger partial charge in [-0.2, -0.15) is 0 Å². The Kier molecular flexibility index (Phi) is 4.88. The number of carbonyl (C=O) groups is 1. The molecule has 0 spiro atoms. The highest BCUT2D eigenvalue weighted by atomic mass is 19.1.